The van der Waals surface area contributed by atoms with Gasteiger partial charge in [-0.2, -0.15) is 0 Å². The fourth-order valence-corrected chi connectivity index (χ4v) is 6.96. The van der Waals surface area contributed by atoms with Crippen LogP contribution in [-0.4, -0.2) is 77.9 Å². The Bertz CT molecular complexity index is 839. The fourth-order valence-electron chi connectivity index (χ4n) is 5.44. The number of rotatable bonds is 3. The van der Waals surface area contributed by atoms with Gasteiger partial charge in [0, 0.05) is 56.0 Å². The van der Waals surface area contributed by atoms with Gasteiger partial charge in [0.25, 0.3) is 0 Å². The van der Waals surface area contributed by atoms with E-state index in [1.54, 1.807) is 22.6 Å². The molecule has 3 saturated heterocycles. The molecule has 4 heterocycles. The number of sulfonamides is 1. The highest BCUT2D eigenvalue weighted by Gasteiger charge is 2.59. The number of nitrogens with zero attached hydrogens (tertiary/aromatic N) is 4. The molecule has 27 heavy (non-hydrogen) atoms. The monoisotopic (exact) mass is 412 g/mol. The number of thiazole rings is 1. The van der Waals surface area contributed by atoms with Crippen LogP contribution in [0.15, 0.2) is 5.38 Å². The molecule has 150 valence electrons. The molecular formula is C18H28N4O3S2. The predicted molar refractivity (Wildman–Crippen MR) is 105 cm³/mol. The SMILES string of the molecule is CC(=O)N1C[C@]2(CCN(S(C)(=O)=O)C2)[C@@H]2[C@@H]1CCCN2Cc1csc(C)n1. The Balaban J connectivity index is 1.66. The second kappa shape index (κ2) is 6.79. The molecule has 3 aliphatic rings. The molecule has 0 aliphatic carbocycles. The Kier molecular flexibility index (Phi) is 4.85. The summed E-state index contributed by atoms with van der Waals surface area (Å²) in [6, 6.07) is 0.374. The van der Waals surface area contributed by atoms with E-state index in [0.29, 0.717) is 19.6 Å². The Morgan fingerprint density at radius 2 is 2.15 bits per heavy atom. The van der Waals surface area contributed by atoms with Gasteiger partial charge in [0.2, 0.25) is 15.9 Å². The third-order valence-electron chi connectivity index (χ3n) is 6.47. The van der Waals surface area contributed by atoms with Gasteiger partial charge >= 0.3 is 0 Å². The smallest absolute Gasteiger partial charge is 0.219 e. The molecule has 3 aliphatic heterocycles. The van der Waals surface area contributed by atoms with E-state index >= 15 is 0 Å². The Labute approximate surface area is 165 Å². The summed E-state index contributed by atoms with van der Waals surface area (Å²) in [5, 5.41) is 3.18. The maximum atomic E-state index is 12.4. The largest absolute Gasteiger partial charge is 0.338 e. The Hall–Kier alpha value is -1.03. The van der Waals surface area contributed by atoms with Crippen molar-refractivity contribution >= 4 is 27.3 Å². The van der Waals surface area contributed by atoms with Crippen LogP contribution in [0.4, 0.5) is 0 Å². The first-order valence-corrected chi connectivity index (χ1v) is 12.3. The minimum absolute atomic E-state index is 0.103. The lowest BCUT2D eigenvalue weighted by molar-refractivity contribution is -0.130. The zero-order chi connectivity index (χ0) is 19.4. The van der Waals surface area contributed by atoms with Crippen molar-refractivity contribution in [1.29, 1.82) is 0 Å². The van der Waals surface area contributed by atoms with Gasteiger partial charge in [0.05, 0.1) is 17.0 Å². The standard InChI is InChI=1S/C18H28N4O3S2/c1-13-19-15(10-26-13)9-20-7-4-5-16-17(20)18(12-22(16)14(2)23)6-8-21(11-18)27(3,24)25/h10,16-17H,4-9,11-12H2,1-3H3/t16-,17-,18+/m0/s1. The molecule has 0 N–H and O–H groups in total. The molecule has 9 heteroatoms. The average molecular weight is 413 g/mol. The minimum atomic E-state index is -3.21. The van der Waals surface area contributed by atoms with E-state index in [4.69, 9.17) is 0 Å². The van der Waals surface area contributed by atoms with Crippen molar-refractivity contribution < 1.29 is 13.2 Å². The van der Waals surface area contributed by atoms with E-state index in [1.165, 1.54) is 6.26 Å². The highest BCUT2D eigenvalue weighted by atomic mass is 32.2. The summed E-state index contributed by atoms with van der Waals surface area (Å²) in [7, 11) is -3.21. The minimum Gasteiger partial charge on any atom is -0.338 e. The van der Waals surface area contributed by atoms with Crippen LogP contribution in [-0.2, 0) is 21.4 Å². The lowest BCUT2D eigenvalue weighted by Crippen LogP contribution is -2.55. The van der Waals surface area contributed by atoms with Gasteiger partial charge in [-0.05, 0) is 32.7 Å². The van der Waals surface area contributed by atoms with Crippen LogP contribution in [0.2, 0.25) is 0 Å². The van der Waals surface area contributed by atoms with Crippen LogP contribution >= 0.6 is 11.3 Å². The quantitative estimate of drug-likeness (QED) is 0.748. The molecule has 3 atom stereocenters. The van der Waals surface area contributed by atoms with Crippen molar-refractivity contribution in [2.45, 2.75) is 51.7 Å². The third kappa shape index (κ3) is 3.43. The number of hydrogen-bond acceptors (Lipinski definition) is 6. The van der Waals surface area contributed by atoms with Crippen molar-refractivity contribution in [1.82, 2.24) is 19.1 Å². The molecule has 0 aromatic carbocycles. The predicted octanol–water partition coefficient (Wildman–Crippen LogP) is 1.30. The second-order valence-electron chi connectivity index (χ2n) is 8.34. The molecule has 4 rings (SSSR count). The average Bonchev–Trinajstić information content (AvgIpc) is 3.27. The topological polar surface area (TPSA) is 73.8 Å². The molecule has 0 unspecified atom stereocenters. The number of likely N-dealkylation sites (tertiary alicyclic amines) is 2. The summed E-state index contributed by atoms with van der Waals surface area (Å²) < 4.78 is 25.9. The van der Waals surface area contributed by atoms with Crippen LogP contribution < -0.4 is 0 Å². The number of aromatic nitrogens is 1. The maximum Gasteiger partial charge on any atom is 0.219 e. The maximum absolute atomic E-state index is 12.4. The molecule has 1 spiro atoms. The fraction of sp³-hybridized carbons (Fsp3) is 0.778. The zero-order valence-electron chi connectivity index (χ0n) is 16.2. The number of fused-ring (bicyclic) bond motifs is 2. The number of carbonyl (C=O) groups excluding carboxylic acids is 1. The number of aryl methyl sites for hydroxylation is 1. The first-order valence-electron chi connectivity index (χ1n) is 9.57. The Morgan fingerprint density at radius 3 is 2.74 bits per heavy atom. The first-order chi connectivity index (χ1) is 12.7. The van der Waals surface area contributed by atoms with Gasteiger partial charge in [0.1, 0.15) is 0 Å². The lowest BCUT2D eigenvalue weighted by atomic mass is 9.76. The number of piperidine rings is 1. The van der Waals surface area contributed by atoms with E-state index in [1.807, 2.05) is 11.8 Å². The summed E-state index contributed by atoms with van der Waals surface area (Å²) in [4.78, 5) is 21.5. The molecule has 0 saturated carbocycles. The molecule has 0 radical (unpaired) electrons. The molecule has 1 amide bonds. The van der Waals surface area contributed by atoms with Crippen LogP contribution in [0.5, 0.6) is 0 Å². The summed E-state index contributed by atoms with van der Waals surface area (Å²) in [6.45, 7) is 7.14. The van der Waals surface area contributed by atoms with E-state index in [2.05, 4.69) is 15.3 Å². The molecule has 1 aromatic heterocycles. The first kappa shape index (κ1) is 19.3. The van der Waals surface area contributed by atoms with Gasteiger partial charge in [-0.15, -0.1) is 11.3 Å². The van der Waals surface area contributed by atoms with Gasteiger partial charge in [-0.3, -0.25) is 9.69 Å². The second-order valence-corrected chi connectivity index (χ2v) is 11.4. The number of carbonyl (C=O) groups is 1. The van der Waals surface area contributed by atoms with Crippen molar-refractivity contribution in [2.75, 3.05) is 32.4 Å². The normalized spacial score (nSPS) is 32.3. The molecular weight excluding hydrogens is 384 g/mol. The van der Waals surface area contributed by atoms with E-state index in [-0.39, 0.29) is 23.4 Å². The summed E-state index contributed by atoms with van der Waals surface area (Å²) in [5.41, 5.74) is 0.901. The van der Waals surface area contributed by atoms with Gasteiger partial charge in [0.15, 0.2) is 0 Å². The van der Waals surface area contributed by atoms with Crippen LogP contribution in [0.1, 0.15) is 36.9 Å². The molecule has 1 aromatic rings. The van der Waals surface area contributed by atoms with Crippen LogP contribution in [0, 0.1) is 12.3 Å². The molecule has 0 bridgehead atoms. The van der Waals surface area contributed by atoms with Crippen LogP contribution in [0.3, 0.4) is 0 Å². The van der Waals surface area contributed by atoms with E-state index in [9.17, 15) is 13.2 Å². The Morgan fingerprint density at radius 1 is 1.37 bits per heavy atom. The summed E-state index contributed by atoms with van der Waals surface area (Å²) >= 11 is 1.66. The highest BCUT2D eigenvalue weighted by Crippen LogP contribution is 2.48. The van der Waals surface area contributed by atoms with Crippen molar-refractivity contribution in [2.24, 2.45) is 5.41 Å². The van der Waals surface area contributed by atoms with Crippen molar-refractivity contribution in [3.8, 4) is 0 Å². The van der Waals surface area contributed by atoms with Gasteiger partial charge in [-0.25, -0.2) is 17.7 Å². The zero-order valence-corrected chi connectivity index (χ0v) is 17.9. The van der Waals surface area contributed by atoms with Crippen molar-refractivity contribution in [3.63, 3.8) is 0 Å². The molecule has 3 fully saturated rings. The summed E-state index contributed by atoms with van der Waals surface area (Å²) in [5.74, 6) is 0.103. The van der Waals surface area contributed by atoms with Gasteiger partial charge < -0.3 is 4.90 Å². The van der Waals surface area contributed by atoms with E-state index in [0.717, 1.165) is 43.1 Å². The van der Waals surface area contributed by atoms with Crippen molar-refractivity contribution in [3.05, 3.63) is 16.1 Å². The third-order valence-corrected chi connectivity index (χ3v) is 8.54. The number of hydrogen-bond donors (Lipinski definition) is 0. The molecule has 7 nitrogen and oxygen atoms in total. The highest BCUT2D eigenvalue weighted by molar-refractivity contribution is 7.88. The van der Waals surface area contributed by atoms with Crippen LogP contribution in [0.25, 0.3) is 0 Å². The summed E-state index contributed by atoms with van der Waals surface area (Å²) in [6.07, 6.45) is 4.16. The van der Waals surface area contributed by atoms with E-state index < -0.39 is 10.0 Å². The lowest BCUT2D eigenvalue weighted by Gasteiger charge is -2.44. The van der Waals surface area contributed by atoms with Gasteiger partial charge in [-0.1, -0.05) is 0 Å². The number of amides is 1.